The normalized spacial score (nSPS) is 10.8. The van der Waals surface area contributed by atoms with E-state index in [-0.39, 0.29) is 24.4 Å². The molecule has 5 nitrogen and oxygen atoms in total. The number of carbonyl (C=O) groups is 2. The Labute approximate surface area is 167 Å². The number of anilines is 1. The van der Waals surface area contributed by atoms with Gasteiger partial charge < -0.3 is 14.8 Å². The number of hydrogen-bond donors (Lipinski definition) is 1. The Morgan fingerprint density at radius 1 is 1.00 bits per heavy atom. The van der Waals surface area contributed by atoms with Crippen LogP contribution in [0.25, 0.3) is 0 Å². The van der Waals surface area contributed by atoms with Crippen LogP contribution in [0.15, 0.2) is 42.5 Å². The molecule has 5 heteroatoms. The highest BCUT2D eigenvalue weighted by Crippen LogP contribution is 2.23. The van der Waals surface area contributed by atoms with Crippen LogP contribution in [0.1, 0.15) is 55.1 Å². The molecule has 0 saturated heterocycles. The van der Waals surface area contributed by atoms with Crippen LogP contribution >= 0.6 is 0 Å². The van der Waals surface area contributed by atoms with E-state index in [1.165, 1.54) is 5.56 Å². The third kappa shape index (κ3) is 6.41. The van der Waals surface area contributed by atoms with Crippen LogP contribution in [-0.2, 0) is 9.53 Å². The van der Waals surface area contributed by atoms with E-state index in [1.54, 1.807) is 24.3 Å². The van der Waals surface area contributed by atoms with Crippen molar-refractivity contribution in [3.8, 4) is 5.75 Å². The molecule has 2 aromatic carbocycles. The van der Waals surface area contributed by atoms with Gasteiger partial charge in [0.25, 0.3) is 5.91 Å². The van der Waals surface area contributed by atoms with Crippen molar-refractivity contribution in [2.45, 2.75) is 40.5 Å². The molecular weight excluding hydrogens is 354 g/mol. The molecule has 150 valence electrons. The van der Waals surface area contributed by atoms with Crippen molar-refractivity contribution in [3.05, 3.63) is 59.2 Å². The van der Waals surface area contributed by atoms with Gasteiger partial charge in [0.1, 0.15) is 5.75 Å². The van der Waals surface area contributed by atoms with E-state index in [2.05, 4.69) is 19.2 Å². The Balaban J connectivity index is 1.86. The second-order valence-corrected chi connectivity index (χ2v) is 7.58. The molecule has 0 spiro atoms. The first kappa shape index (κ1) is 21.5. The number of esters is 1. The summed E-state index contributed by atoms with van der Waals surface area (Å²) in [6, 6.07) is 12.5. The van der Waals surface area contributed by atoms with Crippen LogP contribution < -0.4 is 10.1 Å². The monoisotopic (exact) mass is 383 g/mol. The predicted molar refractivity (Wildman–Crippen MR) is 111 cm³/mol. The van der Waals surface area contributed by atoms with E-state index in [1.807, 2.05) is 39.0 Å². The molecule has 1 amide bonds. The van der Waals surface area contributed by atoms with Crippen molar-refractivity contribution in [1.82, 2.24) is 0 Å². The molecule has 1 N–H and O–H groups in total. The maximum atomic E-state index is 12.1. The highest BCUT2D eigenvalue weighted by molar-refractivity contribution is 5.93. The van der Waals surface area contributed by atoms with Gasteiger partial charge in [0, 0.05) is 5.69 Å². The van der Waals surface area contributed by atoms with Gasteiger partial charge in [0.05, 0.1) is 12.2 Å². The standard InChI is InChI=1S/C23H29NO4/c1-15(2)13-28-23(26)18-6-8-19(9-7-18)24-22(25)14-27-20-10-11-21(16(3)4)17(5)12-20/h6-12,15-16H,13-14H2,1-5H3,(H,24,25). The Kier molecular flexibility index (Phi) is 7.61. The summed E-state index contributed by atoms with van der Waals surface area (Å²) in [5.41, 5.74) is 3.47. The van der Waals surface area contributed by atoms with Crippen molar-refractivity contribution in [3.63, 3.8) is 0 Å². The lowest BCUT2D eigenvalue weighted by molar-refractivity contribution is -0.118. The molecule has 0 aliphatic rings. The van der Waals surface area contributed by atoms with E-state index >= 15 is 0 Å². The summed E-state index contributed by atoms with van der Waals surface area (Å²) >= 11 is 0. The number of nitrogens with one attached hydrogen (secondary N) is 1. The zero-order valence-corrected chi connectivity index (χ0v) is 17.2. The first-order valence-corrected chi connectivity index (χ1v) is 9.56. The lowest BCUT2D eigenvalue weighted by Gasteiger charge is -2.12. The number of rotatable bonds is 8. The second-order valence-electron chi connectivity index (χ2n) is 7.58. The number of benzene rings is 2. The van der Waals surface area contributed by atoms with Gasteiger partial charge in [0.15, 0.2) is 6.61 Å². The van der Waals surface area contributed by atoms with Crippen molar-refractivity contribution < 1.29 is 19.1 Å². The third-order valence-corrected chi connectivity index (χ3v) is 4.19. The molecule has 0 saturated carbocycles. The summed E-state index contributed by atoms with van der Waals surface area (Å²) in [6.07, 6.45) is 0. The average molecular weight is 383 g/mol. The van der Waals surface area contributed by atoms with Crippen molar-refractivity contribution in [2.24, 2.45) is 5.92 Å². The molecule has 28 heavy (non-hydrogen) atoms. The quantitative estimate of drug-likeness (QED) is 0.655. The number of amides is 1. The van der Waals surface area contributed by atoms with Crippen LogP contribution in [0.5, 0.6) is 5.75 Å². The maximum absolute atomic E-state index is 12.1. The first-order valence-electron chi connectivity index (χ1n) is 9.56. The van der Waals surface area contributed by atoms with Crippen molar-refractivity contribution >= 4 is 17.6 Å². The number of carbonyl (C=O) groups excluding carboxylic acids is 2. The van der Waals surface area contributed by atoms with E-state index in [9.17, 15) is 9.59 Å². The van der Waals surface area contributed by atoms with Gasteiger partial charge in [-0.25, -0.2) is 4.79 Å². The topological polar surface area (TPSA) is 64.6 Å². The zero-order chi connectivity index (χ0) is 20.7. The maximum Gasteiger partial charge on any atom is 0.338 e. The molecule has 0 bridgehead atoms. The molecule has 0 unspecified atom stereocenters. The molecule has 2 aromatic rings. The molecule has 0 atom stereocenters. The van der Waals surface area contributed by atoms with E-state index < -0.39 is 0 Å². The molecule has 0 aliphatic heterocycles. The Morgan fingerprint density at radius 3 is 2.25 bits per heavy atom. The summed E-state index contributed by atoms with van der Waals surface area (Å²) in [7, 11) is 0. The van der Waals surface area contributed by atoms with E-state index in [4.69, 9.17) is 9.47 Å². The van der Waals surface area contributed by atoms with Gasteiger partial charge in [-0.2, -0.15) is 0 Å². The number of ether oxygens (including phenoxy) is 2. The predicted octanol–water partition coefficient (Wildman–Crippen LogP) is 4.95. The molecule has 0 radical (unpaired) electrons. The molecular formula is C23H29NO4. The fraction of sp³-hybridized carbons (Fsp3) is 0.391. The summed E-state index contributed by atoms with van der Waals surface area (Å²) in [4.78, 5) is 24.0. The minimum Gasteiger partial charge on any atom is -0.484 e. The third-order valence-electron chi connectivity index (χ3n) is 4.19. The Bertz CT molecular complexity index is 810. The summed E-state index contributed by atoms with van der Waals surface area (Å²) in [5, 5.41) is 2.76. The minimum absolute atomic E-state index is 0.0847. The molecule has 0 aliphatic carbocycles. The van der Waals surface area contributed by atoms with Crippen LogP contribution in [-0.4, -0.2) is 25.1 Å². The van der Waals surface area contributed by atoms with Gasteiger partial charge in [0.2, 0.25) is 0 Å². The Morgan fingerprint density at radius 2 is 1.68 bits per heavy atom. The highest BCUT2D eigenvalue weighted by atomic mass is 16.5. The zero-order valence-electron chi connectivity index (χ0n) is 17.2. The summed E-state index contributed by atoms with van der Waals surface area (Å²) in [5.74, 6) is 0.770. The van der Waals surface area contributed by atoms with Gasteiger partial charge in [-0.1, -0.05) is 33.8 Å². The fourth-order valence-electron chi connectivity index (χ4n) is 2.75. The molecule has 0 fully saturated rings. The van der Waals surface area contributed by atoms with E-state index in [0.717, 1.165) is 5.56 Å². The number of aryl methyl sites for hydroxylation is 1. The smallest absolute Gasteiger partial charge is 0.338 e. The van der Waals surface area contributed by atoms with Crippen molar-refractivity contribution in [1.29, 1.82) is 0 Å². The largest absolute Gasteiger partial charge is 0.484 e. The van der Waals surface area contributed by atoms with Crippen LogP contribution in [0.3, 0.4) is 0 Å². The molecule has 2 rings (SSSR count). The molecule has 0 heterocycles. The average Bonchev–Trinajstić information content (AvgIpc) is 2.64. The fourth-order valence-corrected chi connectivity index (χ4v) is 2.75. The lowest BCUT2D eigenvalue weighted by Crippen LogP contribution is -2.20. The Hall–Kier alpha value is -2.82. The van der Waals surface area contributed by atoms with E-state index in [0.29, 0.717) is 29.5 Å². The van der Waals surface area contributed by atoms with Gasteiger partial charge >= 0.3 is 5.97 Å². The number of hydrogen-bond acceptors (Lipinski definition) is 4. The summed E-state index contributed by atoms with van der Waals surface area (Å²) in [6.45, 7) is 10.6. The van der Waals surface area contributed by atoms with Gasteiger partial charge in [-0.05, 0) is 66.3 Å². The van der Waals surface area contributed by atoms with Gasteiger partial charge in [-0.3, -0.25) is 4.79 Å². The SMILES string of the molecule is Cc1cc(OCC(=O)Nc2ccc(C(=O)OCC(C)C)cc2)ccc1C(C)C. The minimum atomic E-state index is -0.366. The highest BCUT2D eigenvalue weighted by Gasteiger charge is 2.10. The van der Waals surface area contributed by atoms with Crippen LogP contribution in [0.2, 0.25) is 0 Å². The van der Waals surface area contributed by atoms with Crippen LogP contribution in [0, 0.1) is 12.8 Å². The first-order chi connectivity index (χ1) is 13.3. The lowest BCUT2D eigenvalue weighted by atomic mass is 9.98. The second kappa shape index (κ2) is 9.93. The molecule has 0 aromatic heterocycles. The van der Waals surface area contributed by atoms with Gasteiger partial charge in [-0.15, -0.1) is 0 Å². The van der Waals surface area contributed by atoms with Crippen LogP contribution in [0.4, 0.5) is 5.69 Å². The van der Waals surface area contributed by atoms with Crippen molar-refractivity contribution in [2.75, 3.05) is 18.5 Å². The summed E-state index contributed by atoms with van der Waals surface area (Å²) < 4.78 is 10.8.